The molecular weight excluding hydrogens is 508 g/mol. The summed E-state index contributed by atoms with van der Waals surface area (Å²) in [6.45, 7) is 9.34. The number of aryl methyl sites for hydroxylation is 1. The van der Waals surface area contributed by atoms with E-state index in [9.17, 15) is 4.79 Å². The second-order valence-corrected chi connectivity index (χ2v) is 9.14. The van der Waals surface area contributed by atoms with Gasteiger partial charge in [0.25, 0.3) is 0 Å². The van der Waals surface area contributed by atoms with Gasteiger partial charge in [-0.1, -0.05) is 11.8 Å². The SMILES string of the molecule is CCN(CC)c1nc(C)c2nc(SCC(=O)NCCN=C(N)N)n(CCNc3ncnc4nc[nH]c34)c2n1. The van der Waals surface area contributed by atoms with Crippen LogP contribution in [0.15, 0.2) is 22.8 Å². The number of hydrogen-bond acceptors (Lipinski definition) is 11. The van der Waals surface area contributed by atoms with Gasteiger partial charge in [0.15, 0.2) is 28.2 Å². The number of nitrogens with one attached hydrogen (secondary N) is 3. The van der Waals surface area contributed by atoms with Crippen molar-refractivity contribution in [2.75, 3.05) is 48.7 Å². The number of hydrogen-bond donors (Lipinski definition) is 5. The van der Waals surface area contributed by atoms with E-state index in [0.29, 0.717) is 59.9 Å². The molecule has 4 heterocycles. The van der Waals surface area contributed by atoms with Crippen LogP contribution < -0.4 is 27.0 Å². The Balaban J connectivity index is 1.56. The van der Waals surface area contributed by atoms with Crippen LogP contribution in [0.4, 0.5) is 11.8 Å². The summed E-state index contributed by atoms with van der Waals surface area (Å²) in [5.74, 6) is 1.33. The summed E-state index contributed by atoms with van der Waals surface area (Å²) < 4.78 is 2.01. The van der Waals surface area contributed by atoms with Gasteiger partial charge in [0.2, 0.25) is 11.9 Å². The van der Waals surface area contributed by atoms with Crippen LogP contribution in [0.2, 0.25) is 0 Å². The fourth-order valence-corrected chi connectivity index (χ4v) is 4.66. The smallest absolute Gasteiger partial charge is 0.230 e. The lowest BCUT2D eigenvalue weighted by Gasteiger charge is -2.19. The molecule has 202 valence electrons. The van der Waals surface area contributed by atoms with Gasteiger partial charge in [-0.05, 0) is 20.8 Å². The maximum absolute atomic E-state index is 12.4. The van der Waals surface area contributed by atoms with Crippen molar-refractivity contribution in [3.8, 4) is 0 Å². The topological polar surface area (TPSA) is 207 Å². The zero-order valence-corrected chi connectivity index (χ0v) is 22.4. The number of guanidine groups is 1. The Morgan fingerprint density at radius 3 is 2.74 bits per heavy atom. The van der Waals surface area contributed by atoms with Gasteiger partial charge in [-0.3, -0.25) is 9.79 Å². The van der Waals surface area contributed by atoms with Gasteiger partial charge in [-0.15, -0.1) is 0 Å². The van der Waals surface area contributed by atoms with E-state index in [-0.39, 0.29) is 17.6 Å². The van der Waals surface area contributed by atoms with Crippen molar-refractivity contribution < 1.29 is 4.79 Å². The van der Waals surface area contributed by atoms with Crippen molar-refractivity contribution in [2.45, 2.75) is 32.5 Å². The average molecular weight is 541 g/mol. The highest BCUT2D eigenvalue weighted by molar-refractivity contribution is 7.99. The number of fused-ring (bicyclic) bond motifs is 2. The van der Waals surface area contributed by atoms with Crippen molar-refractivity contribution in [3.05, 3.63) is 18.3 Å². The molecule has 15 nitrogen and oxygen atoms in total. The summed E-state index contributed by atoms with van der Waals surface area (Å²) in [6.07, 6.45) is 3.05. The fourth-order valence-electron chi connectivity index (χ4n) is 3.81. The van der Waals surface area contributed by atoms with E-state index in [4.69, 9.17) is 21.4 Å². The standard InChI is InChI=1S/C22H32N14OS/c1-4-35(5-2)21-32-13(3)15-19(34-21)36(9-8-26-17-16-18(29-11-28-16)31-12-30-17)22(33-15)38-10-14(37)25-6-7-27-20(23)24/h11-12H,4-10H2,1-3H3,(H,25,37)(H4,23,24,27)(H2,26,28,29,30,31). The molecular formula is C22H32N14OS. The number of thioether (sulfide) groups is 1. The normalized spacial score (nSPS) is 11.1. The number of aromatic amines is 1. The Kier molecular flexibility index (Phi) is 8.73. The quantitative estimate of drug-likeness (QED) is 0.0669. The highest BCUT2D eigenvalue weighted by Crippen LogP contribution is 2.26. The predicted octanol–water partition coefficient (Wildman–Crippen LogP) is 0.241. The van der Waals surface area contributed by atoms with Crippen molar-refractivity contribution in [2.24, 2.45) is 16.5 Å². The Bertz CT molecular complexity index is 1420. The first-order chi connectivity index (χ1) is 18.4. The molecule has 0 aromatic carbocycles. The largest absolute Gasteiger partial charge is 0.370 e. The van der Waals surface area contributed by atoms with Gasteiger partial charge in [0.05, 0.1) is 24.3 Å². The molecule has 1 amide bonds. The molecule has 0 saturated heterocycles. The minimum Gasteiger partial charge on any atom is -0.370 e. The van der Waals surface area contributed by atoms with Crippen LogP contribution in [-0.4, -0.2) is 89.8 Å². The molecule has 0 saturated carbocycles. The van der Waals surface area contributed by atoms with Crippen LogP contribution in [0.25, 0.3) is 22.3 Å². The van der Waals surface area contributed by atoms with Gasteiger partial charge in [-0.2, -0.15) is 4.98 Å². The Labute approximate surface area is 223 Å². The number of carbonyl (C=O) groups excluding carboxylic acids is 1. The molecule has 4 aromatic heterocycles. The van der Waals surface area contributed by atoms with Crippen molar-refractivity contribution in [3.63, 3.8) is 0 Å². The molecule has 0 bridgehead atoms. The van der Waals surface area contributed by atoms with Gasteiger partial charge in [-0.25, -0.2) is 24.9 Å². The molecule has 0 unspecified atom stereocenters. The highest BCUT2D eigenvalue weighted by atomic mass is 32.2. The average Bonchev–Trinajstić information content (AvgIpc) is 3.52. The van der Waals surface area contributed by atoms with Crippen LogP contribution in [0.1, 0.15) is 19.5 Å². The molecule has 0 radical (unpaired) electrons. The van der Waals surface area contributed by atoms with E-state index in [1.54, 1.807) is 6.33 Å². The third-order valence-corrected chi connectivity index (χ3v) is 6.66. The van der Waals surface area contributed by atoms with Crippen LogP contribution >= 0.6 is 11.8 Å². The molecule has 0 aliphatic carbocycles. The molecule has 7 N–H and O–H groups in total. The molecule has 0 atom stereocenters. The summed E-state index contributed by atoms with van der Waals surface area (Å²) in [5, 5.41) is 6.82. The highest BCUT2D eigenvalue weighted by Gasteiger charge is 2.19. The maximum atomic E-state index is 12.4. The zero-order chi connectivity index (χ0) is 27.1. The molecule has 4 rings (SSSR count). The Morgan fingerprint density at radius 1 is 1.16 bits per heavy atom. The molecule has 38 heavy (non-hydrogen) atoms. The van der Waals surface area contributed by atoms with Crippen LogP contribution in [0.3, 0.4) is 0 Å². The second-order valence-electron chi connectivity index (χ2n) is 8.19. The lowest BCUT2D eigenvalue weighted by Crippen LogP contribution is -2.29. The van der Waals surface area contributed by atoms with E-state index in [0.717, 1.165) is 24.3 Å². The van der Waals surface area contributed by atoms with Gasteiger partial charge in [0, 0.05) is 32.7 Å². The minimum absolute atomic E-state index is 0.00765. The summed E-state index contributed by atoms with van der Waals surface area (Å²) in [5.41, 5.74) is 14.2. The fraction of sp³-hybridized carbons (Fsp3) is 0.455. The third kappa shape index (κ3) is 6.19. The van der Waals surface area contributed by atoms with Crippen molar-refractivity contribution in [1.82, 2.24) is 44.8 Å². The predicted molar refractivity (Wildman–Crippen MR) is 148 cm³/mol. The Hall–Kier alpha value is -4.21. The lowest BCUT2D eigenvalue weighted by atomic mass is 10.4. The number of nitrogens with two attached hydrogens (primary N) is 2. The van der Waals surface area contributed by atoms with E-state index >= 15 is 0 Å². The van der Waals surface area contributed by atoms with Gasteiger partial charge in [0.1, 0.15) is 17.4 Å². The molecule has 0 fully saturated rings. The zero-order valence-electron chi connectivity index (χ0n) is 21.6. The summed E-state index contributed by atoms with van der Waals surface area (Å²) in [7, 11) is 0. The third-order valence-electron chi connectivity index (χ3n) is 5.68. The van der Waals surface area contributed by atoms with Crippen LogP contribution in [0.5, 0.6) is 0 Å². The number of nitrogens with zero attached hydrogens (tertiary/aromatic N) is 9. The van der Waals surface area contributed by atoms with Crippen molar-refractivity contribution in [1.29, 1.82) is 0 Å². The molecule has 0 aliphatic rings. The first-order valence-electron chi connectivity index (χ1n) is 12.2. The number of aromatic nitrogens is 8. The number of rotatable bonds is 13. The van der Waals surface area contributed by atoms with E-state index < -0.39 is 0 Å². The number of H-pyrrole nitrogens is 1. The Morgan fingerprint density at radius 2 is 1.97 bits per heavy atom. The van der Waals surface area contributed by atoms with Gasteiger partial charge < -0.3 is 36.6 Å². The van der Waals surface area contributed by atoms with E-state index in [1.165, 1.54) is 18.1 Å². The summed E-state index contributed by atoms with van der Waals surface area (Å²) in [4.78, 5) is 48.5. The second kappa shape index (κ2) is 12.4. The van der Waals surface area contributed by atoms with E-state index in [2.05, 4.69) is 59.3 Å². The number of aliphatic imine (C=N–C) groups is 1. The number of anilines is 2. The monoisotopic (exact) mass is 540 g/mol. The number of imidazole rings is 2. The minimum atomic E-state index is -0.146. The van der Waals surface area contributed by atoms with Crippen LogP contribution in [0, 0.1) is 6.92 Å². The molecule has 0 aliphatic heterocycles. The van der Waals surface area contributed by atoms with Gasteiger partial charge >= 0.3 is 0 Å². The maximum Gasteiger partial charge on any atom is 0.230 e. The molecule has 4 aromatic rings. The van der Waals surface area contributed by atoms with Crippen molar-refractivity contribution >= 4 is 57.7 Å². The summed E-state index contributed by atoms with van der Waals surface area (Å²) in [6, 6.07) is 0. The first-order valence-corrected chi connectivity index (χ1v) is 13.2. The lowest BCUT2D eigenvalue weighted by molar-refractivity contribution is -0.118. The first kappa shape index (κ1) is 26.8. The molecule has 0 spiro atoms. The summed E-state index contributed by atoms with van der Waals surface area (Å²) >= 11 is 1.33. The molecule has 16 heteroatoms. The number of carbonyl (C=O) groups is 1. The van der Waals surface area contributed by atoms with E-state index in [1.807, 2.05) is 11.5 Å². The number of amides is 1. The van der Waals surface area contributed by atoms with Crippen LogP contribution in [-0.2, 0) is 11.3 Å².